The van der Waals surface area contributed by atoms with E-state index in [0.717, 1.165) is 6.42 Å². The number of primary amides is 1. The number of nitrogens with two attached hydrogens (primary N) is 1. The Bertz CT molecular complexity index is 233. The predicted octanol–water partition coefficient (Wildman–Crippen LogP) is 1.32. The summed E-state index contributed by atoms with van der Waals surface area (Å²) in [7, 11) is 0. The number of halogens is 1. The predicted molar refractivity (Wildman–Crippen MR) is 58.1 cm³/mol. The monoisotopic (exact) mass is 216 g/mol. The van der Waals surface area contributed by atoms with Crippen LogP contribution in [0.2, 0.25) is 0 Å². The quantitative estimate of drug-likeness (QED) is 0.770. The van der Waals surface area contributed by atoms with Crippen molar-refractivity contribution in [2.24, 2.45) is 11.7 Å². The highest BCUT2D eigenvalue weighted by Crippen LogP contribution is 2.29. The molecule has 0 saturated carbocycles. The van der Waals surface area contributed by atoms with Gasteiger partial charge in [0.15, 0.2) is 0 Å². The van der Waals surface area contributed by atoms with E-state index in [4.69, 9.17) is 5.73 Å². The molecule has 4 heteroatoms. The van der Waals surface area contributed by atoms with E-state index in [-0.39, 0.29) is 17.9 Å². The summed E-state index contributed by atoms with van der Waals surface area (Å²) >= 11 is 0. The van der Waals surface area contributed by atoms with Crippen LogP contribution in [0, 0.1) is 5.92 Å². The van der Waals surface area contributed by atoms with E-state index >= 15 is 0 Å². The van der Waals surface area contributed by atoms with E-state index < -0.39 is 6.17 Å². The summed E-state index contributed by atoms with van der Waals surface area (Å²) in [6.07, 6.45) is 0.662. The molecule has 0 aromatic heterocycles. The van der Waals surface area contributed by atoms with E-state index in [0.29, 0.717) is 19.0 Å². The zero-order chi connectivity index (χ0) is 11.6. The molecule has 1 aliphatic heterocycles. The molecule has 4 atom stereocenters. The molecule has 0 radical (unpaired) electrons. The van der Waals surface area contributed by atoms with Crippen molar-refractivity contribution in [1.29, 1.82) is 0 Å². The van der Waals surface area contributed by atoms with Gasteiger partial charge in [-0.05, 0) is 26.7 Å². The van der Waals surface area contributed by atoms with Gasteiger partial charge in [-0.2, -0.15) is 0 Å². The molecule has 4 unspecified atom stereocenters. The normalized spacial score (nSPS) is 31.5. The third-order valence-electron chi connectivity index (χ3n) is 3.51. The zero-order valence-corrected chi connectivity index (χ0v) is 9.74. The largest absolute Gasteiger partial charge is 0.368 e. The highest BCUT2D eigenvalue weighted by atomic mass is 19.1. The van der Waals surface area contributed by atoms with Crippen molar-refractivity contribution in [3.8, 4) is 0 Å². The van der Waals surface area contributed by atoms with Crippen molar-refractivity contribution in [2.45, 2.75) is 51.9 Å². The fourth-order valence-electron chi connectivity index (χ4n) is 2.23. The van der Waals surface area contributed by atoms with E-state index in [1.54, 1.807) is 6.92 Å². The van der Waals surface area contributed by atoms with Gasteiger partial charge in [0, 0.05) is 18.5 Å². The number of carbonyl (C=O) groups excluding carboxylic acids is 1. The van der Waals surface area contributed by atoms with Crippen LogP contribution >= 0.6 is 0 Å². The molecule has 1 amide bonds. The summed E-state index contributed by atoms with van der Waals surface area (Å²) in [5, 5.41) is 0. The Hall–Kier alpha value is -0.640. The summed E-state index contributed by atoms with van der Waals surface area (Å²) in [5.74, 6) is -0.366. The van der Waals surface area contributed by atoms with Crippen LogP contribution in [0.25, 0.3) is 0 Å². The van der Waals surface area contributed by atoms with Crippen molar-refractivity contribution in [3.63, 3.8) is 0 Å². The van der Waals surface area contributed by atoms with Crippen molar-refractivity contribution >= 4 is 5.91 Å². The average molecular weight is 216 g/mol. The molecule has 1 fully saturated rings. The molecule has 0 spiro atoms. The van der Waals surface area contributed by atoms with Crippen molar-refractivity contribution in [3.05, 3.63) is 0 Å². The van der Waals surface area contributed by atoms with Crippen LogP contribution in [-0.2, 0) is 4.79 Å². The Kier molecular flexibility index (Phi) is 4.08. The minimum absolute atomic E-state index is 0.0449. The van der Waals surface area contributed by atoms with E-state index in [1.165, 1.54) is 0 Å². The number of likely N-dealkylation sites (tertiary alicyclic amines) is 1. The highest BCUT2D eigenvalue weighted by molar-refractivity contribution is 5.80. The van der Waals surface area contributed by atoms with Crippen LogP contribution in [0.3, 0.4) is 0 Å². The summed E-state index contributed by atoms with van der Waals surface area (Å²) in [5.41, 5.74) is 5.34. The lowest BCUT2D eigenvalue weighted by atomic mass is 10.0. The Morgan fingerprint density at radius 3 is 2.60 bits per heavy atom. The summed E-state index contributed by atoms with van der Waals surface area (Å²) in [6, 6.07) is 0.0226. The van der Waals surface area contributed by atoms with Gasteiger partial charge in [0.25, 0.3) is 0 Å². The van der Waals surface area contributed by atoms with Gasteiger partial charge in [-0.1, -0.05) is 6.92 Å². The van der Waals surface area contributed by atoms with Gasteiger partial charge in [0.2, 0.25) is 5.91 Å². The van der Waals surface area contributed by atoms with Gasteiger partial charge in [0.1, 0.15) is 6.17 Å². The lowest BCUT2D eigenvalue weighted by molar-refractivity contribution is -0.122. The molecule has 0 bridgehead atoms. The summed E-state index contributed by atoms with van der Waals surface area (Å²) in [4.78, 5) is 13.3. The SMILES string of the molecule is CCC(C)N1CC(C(C)F)CC1C(N)=O. The van der Waals surface area contributed by atoms with Gasteiger partial charge in [-0.3, -0.25) is 9.69 Å². The number of hydrogen-bond acceptors (Lipinski definition) is 2. The minimum Gasteiger partial charge on any atom is -0.368 e. The Labute approximate surface area is 90.8 Å². The van der Waals surface area contributed by atoms with Crippen LogP contribution in [-0.4, -0.2) is 35.6 Å². The fourth-order valence-corrected chi connectivity index (χ4v) is 2.23. The second-order valence-corrected chi connectivity index (χ2v) is 4.55. The molecule has 2 N–H and O–H groups in total. The lowest BCUT2D eigenvalue weighted by Gasteiger charge is -2.28. The maximum Gasteiger partial charge on any atom is 0.234 e. The topological polar surface area (TPSA) is 46.3 Å². The number of rotatable bonds is 4. The first-order valence-corrected chi connectivity index (χ1v) is 5.66. The lowest BCUT2D eigenvalue weighted by Crippen LogP contribution is -2.44. The number of nitrogens with zero attached hydrogens (tertiary/aromatic N) is 1. The first kappa shape index (κ1) is 12.4. The molecule has 1 heterocycles. The number of amides is 1. The van der Waals surface area contributed by atoms with Gasteiger partial charge in [-0.25, -0.2) is 4.39 Å². The third-order valence-corrected chi connectivity index (χ3v) is 3.51. The molecule has 15 heavy (non-hydrogen) atoms. The number of carbonyl (C=O) groups is 1. The van der Waals surface area contributed by atoms with E-state index in [9.17, 15) is 9.18 Å². The van der Waals surface area contributed by atoms with Crippen LogP contribution < -0.4 is 5.73 Å². The molecule has 0 aliphatic carbocycles. The molecular weight excluding hydrogens is 195 g/mol. The number of alkyl halides is 1. The molecule has 1 rings (SSSR count). The first-order valence-electron chi connectivity index (χ1n) is 5.66. The van der Waals surface area contributed by atoms with Crippen molar-refractivity contribution in [2.75, 3.05) is 6.54 Å². The molecule has 88 valence electrons. The standard InChI is InChI=1S/C11H21FN2O/c1-4-7(2)14-6-9(8(3)12)5-10(14)11(13)15/h7-10H,4-6H2,1-3H3,(H2,13,15). The second-order valence-electron chi connectivity index (χ2n) is 4.55. The Morgan fingerprint density at radius 2 is 2.20 bits per heavy atom. The maximum atomic E-state index is 13.2. The summed E-state index contributed by atoms with van der Waals surface area (Å²) in [6.45, 7) is 6.33. The van der Waals surface area contributed by atoms with Crippen LogP contribution in [0.1, 0.15) is 33.6 Å². The van der Waals surface area contributed by atoms with Gasteiger partial charge < -0.3 is 5.73 Å². The van der Waals surface area contributed by atoms with E-state index in [1.807, 2.05) is 4.90 Å². The smallest absolute Gasteiger partial charge is 0.234 e. The van der Waals surface area contributed by atoms with Crippen LogP contribution in [0.4, 0.5) is 4.39 Å². The number of hydrogen-bond donors (Lipinski definition) is 1. The zero-order valence-electron chi connectivity index (χ0n) is 9.74. The van der Waals surface area contributed by atoms with Crippen LogP contribution in [0.5, 0.6) is 0 Å². The molecule has 0 aromatic rings. The third kappa shape index (κ3) is 2.68. The van der Waals surface area contributed by atoms with Crippen molar-refractivity contribution in [1.82, 2.24) is 4.90 Å². The average Bonchev–Trinajstić information content (AvgIpc) is 2.61. The maximum absolute atomic E-state index is 13.2. The van der Waals surface area contributed by atoms with E-state index in [2.05, 4.69) is 13.8 Å². The van der Waals surface area contributed by atoms with Gasteiger partial charge >= 0.3 is 0 Å². The highest BCUT2D eigenvalue weighted by Gasteiger charge is 2.39. The second kappa shape index (κ2) is 4.92. The minimum atomic E-state index is -0.860. The molecule has 3 nitrogen and oxygen atoms in total. The molecular formula is C11H21FN2O. The van der Waals surface area contributed by atoms with Gasteiger partial charge in [-0.15, -0.1) is 0 Å². The molecule has 1 saturated heterocycles. The molecule has 1 aliphatic rings. The molecule has 0 aromatic carbocycles. The van der Waals surface area contributed by atoms with Crippen LogP contribution in [0.15, 0.2) is 0 Å². The summed E-state index contributed by atoms with van der Waals surface area (Å²) < 4.78 is 13.2. The Balaban J connectivity index is 2.72. The first-order chi connectivity index (χ1) is 6.97. The fraction of sp³-hybridized carbons (Fsp3) is 0.909. The Morgan fingerprint density at radius 1 is 1.60 bits per heavy atom. The van der Waals surface area contributed by atoms with Crippen molar-refractivity contribution < 1.29 is 9.18 Å². The van der Waals surface area contributed by atoms with Gasteiger partial charge in [0.05, 0.1) is 6.04 Å².